The van der Waals surface area contributed by atoms with Gasteiger partial charge >= 0.3 is 0 Å². The van der Waals surface area contributed by atoms with Crippen molar-refractivity contribution in [3.63, 3.8) is 0 Å². The first-order chi connectivity index (χ1) is 4.72. The third-order valence-corrected chi connectivity index (χ3v) is 1.67. The lowest BCUT2D eigenvalue weighted by Gasteiger charge is -2.23. The van der Waals surface area contributed by atoms with E-state index in [0.29, 0.717) is 6.04 Å². The number of hydrogen-bond donors (Lipinski definition) is 2. The molecule has 0 saturated heterocycles. The topological polar surface area (TPSA) is 41.3 Å². The van der Waals surface area contributed by atoms with Crippen molar-refractivity contribution in [1.29, 1.82) is 0 Å². The van der Waals surface area contributed by atoms with E-state index in [-0.39, 0.29) is 0 Å². The van der Waals surface area contributed by atoms with E-state index >= 15 is 0 Å². The van der Waals surface area contributed by atoms with E-state index in [9.17, 15) is 0 Å². The monoisotopic (exact) mass is 145 g/mol. The van der Waals surface area contributed by atoms with Crippen molar-refractivity contribution in [1.82, 2.24) is 10.2 Å². The number of nitrogens with two attached hydrogens (primary N) is 1. The average Bonchev–Trinajstić information content (AvgIpc) is 1.87. The zero-order valence-electron chi connectivity index (χ0n) is 7.22. The van der Waals surface area contributed by atoms with Crippen LogP contribution in [0.25, 0.3) is 0 Å². The van der Waals surface area contributed by atoms with Crippen LogP contribution in [0.4, 0.5) is 0 Å². The summed E-state index contributed by atoms with van der Waals surface area (Å²) in [6.07, 6.45) is 1.06. The average molecular weight is 145 g/mol. The van der Waals surface area contributed by atoms with E-state index in [2.05, 4.69) is 24.3 Å². The molecule has 0 spiro atoms. The molecule has 0 amide bonds. The Hall–Kier alpha value is -0.120. The summed E-state index contributed by atoms with van der Waals surface area (Å²) in [5.41, 5.74) is 5.44. The summed E-state index contributed by atoms with van der Waals surface area (Å²) in [7, 11) is 6.13. The summed E-state index contributed by atoms with van der Waals surface area (Å²) >= 11 is 0. The van der Waals surface area contributed by atoms with Crippen LogP contribution in [0.3, 0.4) is 0 Å². The summed E-state index contributed by atoms with van der Waals surface area (Å²) < 4.78 is 0. The number of rotatable bonds is 5. The highest BCUT2D eigenvalue weighted by Crippen LogP contribution is 1.95. The van der Waals surface area contributed by atoms with Gasteiger partial charge in [0.25, 0.3) is 0 Å². The summed E-state index contributed by atoms with van der Waals surface area (Å²) in [6.45, 7) is 1.79. The number of nitrogens with one attached hydrogen (secondary N) is 1. The zero-order chi connectivity index (χ0) is 7.98. The Morgan fingerprint density at radius 3 is 2.40 bits per heavy atom. The lowest BCUT2D eigenvalue weighted by Crippen LogP contribution is -2.38. The molecule has 0 aliphatic heterocycles. The van der Waals surface area contributed by atoms with Crippen molar-refractivity contribution < 1.29 is 0 Å². The van der Waals surface area contributed by atoms with E-state index in [1.807, 2.05) is 7.05 Å². The molecule has 1 atom stereocenters. The van der Waals surface area contributed by atoms with Crippen molar-refractivity contribution in [2.75, 3.05) is 34.2 Å². The van der Waals surface area contributed by atoms with Gasteiger partial charge in [0.15, 0.2) is 0 Å². The van der Waals surface area contributed by atoms with Gasteiger partial charge in [0.1, 0.15) is 0 Å². The van der Waals surface area contributed by atoms with E-state index in [4.69, 9.17) is 5.73 Å². The largest absolute Gasteiger partial charge is 0.330 e. The van der Waals surface area contributed by atoms with Crippen LogP contribution in [-0.4, -0.2) is 45.2 Å². The Balaban J connectivity index is 3.50. The second-order valence-corrected chi connectivity index (χ2v) is 2.75. The highest BCUT2D eigenvalue weighted by atomic mass is 15.1. The van der Waals surface area contributed by atoms with Gasteiger partial charge in [0.05, 0.1) is 0 Å². The molecular weight excluding hydrogens is 126 g/mol. The SMILES string of the molecule is CNCC(CCN)N(C)C. The first-order valence-corrected chi connectivity index (χ1v) is 3.73. The predicted molar refractivity (Wildman–Crippen MR) is 45.1 cm³/mol. The van der Waals surface area contributed by atoms with Crippen molar-refractivity contribution in [2.45, 2.75) is 12.5 Å². The molecule has 3 nitrogen and oxygen atoms in total. The molecule has 0 radical (unpaired) electrons. The van der Waals surface area contributed by atoms with Crippen LogP contribution in [0.1, 0.15) is 6.42 Å². The van der Waals surface area contributed by atoms with E-state index in [0.717, 1.165) is 19.5 Å². The maximum atomic E-state index is 5.44. The first-order valence-electron chi connectivity index (χ1n) is 3.73. The van der Waals surface area contributed by atoms with Gasteiger partial charge in [-0.15, -0.1) is 0 Å². The van der Waals surface area contributed by atoms with Crippen molar-refractivity contribution in [2.24, 2.45) is 5.73 Å². The van der Waals surface area contributed by atoms with Crippen LogP contribution in [-0.2, 0) is 0 Å². The van der Waals surface area contributed by atoms with Gasteiger partial charge in [-0.25, -0.2) is 0 Å². The van der Waals surface area contributed by atoms with Crippen LogP contribution in [0.5, 0.6) is 0 Å². The fraction of sp³-hybridized carbons (Fsp3) is 1.00. The minimum Gasteiger partial charge on any atom is -0.330 e. The van der Waals surface area contributed by atoms with Crippen LogP contribution in [0, 0.1) is 0 Å². The van der Waals surface area contributed by atoms with E-state index in [1.54, 1.807) is 0 Å². The van der Waals surface area contributed by atoms with Crippen LogP contribution in [0.15, 0.2) is 0 Å². The highest BCUT2D eigenvalue weighted by Gasteiger charge is 2.07. The Bertz CT molecular complexity index is 67.3. The molecule has 0 rings (SSSR count). The van der Waals surface area contributed by atoms with Crippen LogP contribution in [0.2, 0.25) is 0 Å². The van der Waals surface area contributed by atoms with Gasteiger partial charge in [-0.05, 0) is 34.1 Å². The fourth-order valence-corrected chi connectivity index (χ4v) is 0.971. The fourth-order valence-electron chi connectivity index (χ4n) is 0.971. The molecule has 0 fully saturated rings. The summed E-state index contributed by atoms with van der Waals surface area (Å²) in [6, 6.07) is 0.579. The predicted octanol–water partition coefficient (Wildman–Crippen LogP) is -0.515. The molecule has 0 aliphatic rings. The Kier molecular flexibility index (Phi) is 5.58. The number of likely N-dealkylation sites (N-methyl/N-ethyl adjacent to an activating group) is 2. The molecule has 0 saturated carbocycles. The third kappa shape index (κ3) is 3.82. The van der Waals surface area contributed by atoms with Crippen molar-refractivity contribution in [3.05, 3.63) is 0 Å². The van der Waals surface area contributed by atoms with Gasteiger partial charge in [0, 0.05) is 12.6 Å². The molecule has 0 aromatic rings. The molecule has 0 aromatic carbocycles. The van der Waals surface area contributed by atoms with Gasteiger partial charge < -0.3 is 16.0 Å². The minimum atomic E-state index is 0.579. The molecule has 3 N–H and O–H groups in total. The smallest absolute Gasteiger partial charge is 0.0226 e. The van der Waals surface area contributed by atoms with Gasteiger partial charge in [0.2, 0.25) is 0 Å². The molecule has 0 aromatic heterocycles. The van der Waals surface area contributed by atoms with Gasteiger partial charge in [-0.1, -0.05) is 0 Å². The maximum absolute atomic E-state index is 5.44. The number of hydrogen-bond acceptors (Lipinski definition) is 3. The van der Waals surface area contributed by atoms with Crippen LogP contribution >= 0.6 is 0 Å². The Morgan fingerprint density at radius 2 is 2.10 bits per heavy atom. The van der Waals surface area contributed by atoms with Gasteiger partial charge in [-0.2, -0.15) is 0 Å². The molecule has 3 heteroatoms. The standard InChI is InChI=1S/C7H19N3/c1-9-6-7(4-5-8)10(2)3/h7,9H,4-6,8H2,1-3H3. The van der Waals surface area contributed by atoms with E-state index in [1.165, 1.54) is 0 Å². The van der Waals surface area contributed by atoms with Crippen LogP contribution < -0.4 is 11.1 Å². The van der Waals surface area contributed by atoms with Crippen molar-refractivity contribution in [3.8, 4) is 0 Å². The second kappa shape index (κ2) is 5.65. The molecule has 0 bridgehead atoms. The highest BCUT2D eigenvalue weighted by molar-refractivity contribution is 4.67. The lowest BCUT2D eigenvalue weighted by atomic mass is 10.2. The normalized spacial score (nSPS) is 14.1. The molecule has 1 unspecified atom stereocenters. The second-order valence-electron chi connectivity index (χ2n) is 2.75. The molecule has 10 heavy (non-hydrogen) atoms. The minimum absolute atomic E-state index is 0.579. The summed E-state index contributed by atoms with van der Waals surface area (Å²) in [5.74, 6) is 0. The zero-order valence-corrected chi connectivity index (χ0v) is 7.22. The molecule has 0 aliphatic carbocycles. The molecule has 62 valence electrons. The maximum Gasteiger partial charge on any atom is 0.0226 e. The van der Waals surface area contributed by atoms with Crippen molar-refractivity contribution >= 4 is 0 Å². The molecule has 0 heterocycles. The Labute approximate surface area is 63.6 Å². The summed E-state index contributed by atoms with van der Waals surface area (Å²) in [5, 5.41) is 3.14. The Morgan fingerprint density at radius 1 is 1.50 bits per heavy atom. The third-order valence-electron chi connectivity index (χ3n) is 1.67. The lowest BCUT2D eigenvalue weighted by molar-refractivity contribution is 0.276. The quantitative estimate of drug-likeness (QED) is 0.547. The van der Waals surface area contributed by atoms with E-state index < -0.39 is 0 Å². The molecular formula is C7H19N3. The first kappa shape index (κ1) is 9.88. The number of nitrogens with zero attached hydrogens (tertiary/aromatic N) is 1. The summed E-state index contributed by atoms with van der Waals surface area (Å²) in [4.78, 5) is 2.20. The van der Waals surface area contributed by atoms with Gasteiger partial charge in [-0.3, -0.25) is 0 Å².